The van der Waals surface area contributed by atoms with Gasteiger partial charge in [0, 0.05) is 21.9 Å². The SMILES string of the molecule is C=C(C)c1c(S(=O)(=O)[O-])c(S(=O)(=O)[O-])c(S(=O)(=O)[O-])c2ccccc12.C=C(C)c1c(S(=O)(=O)[O-])c(S(=O)(=O)[O-])c(S(=O)(=O)[O-])c2ccccc12.[Mg+2].[Mg+2].[Mg+2]. The van der Waals surface area contributed by atoms with Crippen LogP contribution >= 0.6 is 0 Å². The van der Waals surface area contributed by atoms with Gasteiger partial charge in [0.05, 0.1) is 29.4 Å². The van der Waals surface area contributed by atoms with Crippen LogP contribution in [-0.2, 0) is 60.7 Å². The van der Waals surface area contributed by atoms with E-state index in [0.29, 0.717) is 0 Å². The van der Waals surface area contributed by atoms with Crippen molar-refractivity contribution in [3.05, 3.63) is 72.8 Å². The first-order valence-corrected chi connectivity index (χ1v) is 21.0. The van der Waals surface area contributed by atoms with Crippen molar-refractivity contribution in [1.82, 2.24) is 0 Å². The molecule has 0 aliphatic heterocycles. The summed E-state index contributed by atoms with van der Waals surface area (Å²) in [4.78, 5) is -10.1. The van der Waals surface area contributed by atoms with E-state index in [1.54, 1.807) is 0 Å². The quantitative estimate of drug-likeness (QED) is 0.166. The van der Waals surface area contributed by atoms with Crippen molar-refractivity contribution >= 4 is 163 Å². The van der Waals surface area contributed by atoms with Crippen molar-refractivity contribution in [3.63, 3.8) is 0 Å². The van der Waals surface area contributed by atoms with E-state index in [2.05, 4.69) is 13.2 Å². The van der Waals surface area contributed by atoms with Gasteiger partial charge in [-0.05, 0) is 35.8 Å². The Labute approximate surface area is 352 Å². The van der Waals surface area contributed by atoms with Gasteiger partial charge in [-0.3, -0.25) is 0 Å². The molecule has 4 rings (SSSR count). The fourth-order valence-electron chi connectivity index (χ4n) is 5.00. The summed E-state index contributed by atoms with van der Waals surface area (Å²) in [5.74, 6) is 0. The summed E-state index contributed by atoms with van der Waals surface area (Å²) in [6.45, 7) is 9.32. The van der Waals surface area contributed by atoms with E-state index in [9.17, 15) is 77.8 Å². The first-order valence-electron chi connectivity index (χ1n) is 12.6. The van der Waals surface area contributed by atoms with Gasteiger partial charge in [-0.15, -0.1) is 0 Å². The Balaban J connectivity index is 0.000000966. The van der Waals surface area contributed by atoms with Crippen molar-refractivity contribution < 1.29 is 77.8 Å². The van der Waals surface area contributed by atoms with Gasteiger partial charge in [0.25, 0.3) is 0 Å². The summed E-state index contributed by atoms with van der Waals surface area (Å²) in [6.07, 6.45) is 0. The number of rotatable bonds is 8. The molecule has 0 saturated carbocycles. The van der Waals surface area contributed by atoms with Gasteiger partial charge in [-0.1, -0.05) is 61.7 Å². The normalized spacial score (nSPS) is 12.4. The number of hydrogen-bond acceptors (Lipinski definition) is 18. The van der Waals surface area contributed by atoms with Crippen LogP contribution in [0.2, 0.25) is 0 Å². The summed E-state index contributed by atoms with van der Waals surface area (Å²) < 4.78 is 209. The molecule has 0 amide bonds. The van der Waals surface area contributed by atoms with Crippen LogP contribution in [0.25, 0.3) is 32.7 Å². The third-order valence-electron chi connectivity index (χ3n) is 6.51. The molecule has 18 nitrogen and oxygen atoms in total. The third kappa shape index (κ3) is 10.9. The first kappa shape index (κ1) is 51.6. The maximum Gasteiger partial charge on any atom is 2.00 e. The second-order valence-electron chi connectivity index (χ2n) is 10.1. The maximum absolute atomic E-state index is 11.7. The van der Waals surface area contributed by atoms with Crippen LogP contribution in [0.1, 0.15) is 25.0 Å². The standard InChI is InChI=1S/2C13H12O9S3.3Mg/c2*1-7(2)10-8-5-3-4-6-9(8)11(23(14,15)16)13(25(20,21)22)12(10)24(17,18)19;;;/h2*3-6H,1H2,2H3,(H,14,15,16)(H,17,18,19)(H,20,21,22);;;/q;;3*+2/p-6. The summed E-state index contributed by atoms with van der Waals surface area (Å²) in [7, 11) is -34.2. The van der Waals surface area contributed by atoms with E-state index >= 15 is 0 Å². The Morgan fingerprint density at radius 1 is 0.377 bits per heavy atom. The van der Waals surface area contributed by atoms with E-state index in [1.807, 2.05) is 0 Å². The van der Waals surface area contributed by atoms with E-state index in [4.69, 9.17) is 0 Å². The van der Waals surface area contributed by atoms with Crippen LogP contribution in [0.5, 0.6) is 0 Å². The van der Waals surface area contributed by atoms with Gasteiger partial charge in [0.15, 0.2) is 0 Å². The molecule has 4 aromatic carbocycles. The van der Waals surface area contributed by atoms with Crippen molar-refractivity contribution in [2.24, 2.45) is 0 Å². The predicted molar refractivity (Wildman–Crippen MR) is 182 cm³/mol. The van der Waals surface area contributed by atoms with E-state index in [0.717, 1.165) is 12.1 Å². The van der Waals surface area contributed by atoms with Gasteiger partial charge in [-0.25, -0.2) is 50.5 Å². The smallest absolute Gasteiger partial charge is 0.744 e. The van der Waals surface area contributed by atoms with Crippen molar-refractivity contribution in [2.45, 2.75) is 43.2 Å². The minimum atomic E-state index is -5.83. The molecule has 0 aliphatic rings. The second kappa shape index (κ2) is 17.4. The molecule has 27 heteroatoms. The minimum absolute atomic E-state index is 0. The summed E-state index contributed by atoms with van der Waals surface area (Å²) >= 11 is 0. The fourth-order valence-corrected chi connectivity index (χ4v) is 12.2. The van der Waals surface area contributed by atoms with Gasteiger partial charge in [0.1, 0.15) is 60.7 Å². The molecule has 0 unspecified atom stereocenters. The third-order valence-corrected chi connectivity index (χ3v) is 12.5. The predicted octanol–water partition coefficient (Wildman–Crippen LogP) is 0.0280. The molecule has 4 aromatic rings. The van der Waals surface area contributed by atoms with Crippen molar-refractivity contribution in [1.29, 1.82) is 0 Å². The Morgan fingerprint density at radius 3 is 0.736 bits per heavy atom. The molecule has 0 N–H and O–H groups in total. The molecule has 0 fully saturated rings. The van der Waals surface area contributed by atoms with Crippen molar-refractivity contribution in [3.8, 4) is 0 Å². The topological polar surface area (TPSA) is 343 Å². The van der Waals surface area contributed by atoms with Crippen LogP contribution in [0, 0.1) is 0 Å². The van der Waals surface area contributed by atoms with Crippen LogP contribution in [-0.4, -0.2) is 147 Å². The van der Waals surface area contributed by atoms with Crippen LogP contribution in [0.3, 0.4) is 0 Å². The van der Waals surface area contributed by atoms with Gasteiger partial charge in [-0.2, -0.15) is 0 Å². The number of fused-ring (bicyclic) bond motifs is 2. The summed E-state index contributed by atoms with van der Waals surface area (Å²) in [6, 6.07) is 9.53. The monoisotopic (exact) mass is 882 g/mol. The minimum Gasteiger partial charge on any atom is -0.744 e. The van der Waals surface area contributed by atoms with Crippen LogP contribution in [0.15, 0.2) is 91.1 Å². The maximum atomic E-state index is 11.7. The summed E-state index contributed by atoms with van der Waals surface area (Å²) in [5.41, 5.74) is -1.31. The Morgan fingerprint density at radius 2 is 0.566 bits per heavy atom. The molecule has 0 spiro atoms. The van der Waals surface area contributed by atoms with Gasteiger partial charge in [0.2, 0.25) is 0 Å². The van der Waals surface area contributed by atoms with Crippen LogP contribution in [0.4, 0.5) is 0 Å². The molecule has 272 valence electrons. The zero-order valence-electron chi connectivity index (χ0n) is 27.0. The molecule has 53 heavy (non-hydrogen) atoms. The summed E-state index contributed by atoms with van der Waals surface area (Å²) in [5, 5.41) is -1.44. The molecular weight excluding hydrogens is 866 g/mol. The fraction of sp³-hybridized carbons (Fsp3) is 0.0769. The van der Waals surface area contributed by atoms with E-state index < -0.39 is 112 Å². The largest absolute Gasteiger partial charge is 2.00 e. The van der Waals surface area contributed by atoms with Gasteiger partial charge >= 0.3 is 69.2 Å². The molecule has 0 aromatic heterocycles. The second-order valence-corrected chi connectivity index (χ2v) is 18.0. The zero-order chi connectivity index (χ0) is 38.7. The van der Waals surface area contributed by atoms with Crippen molar-refractivity contribution in [2.75, 3.05) is 0 Å². The number of benzene rings is 4. The number of hydrogen-bond donors (Lipinski definition) is 0. The Kier molecular flexibility index (Phi) is 17.0. The molecule has 0 aliphatic carbocycles. The molecule has 0 bridgehead atoms. The zero-order valence-corrected chi connectivity index (χ0v) is 36.1. The average molecular weight is 884 g/mol. The Bertz CT molecular complexity index is 2660. The Hall–Kier alpha value is -1.36. The number of allylic oxidation sites excluding steroid dienone is 2. The average Bonchev–Trinajstić information content (AvgIpc) is 2.91. The molecule has 0 saturated heterocycles. The molecule has 0 atom stereocenters. The molecular formula is C26H18Mg3O18S6. The van der Waals surface area contributed by atoms with Crippen LogP contribution < -0.4 is 0 Å². The molecule has 0 heterocycles. The first-order chi connectivity index (χ1) is 22.3. The van der Waals surface area contributed by atoms with E-state index in [-0.39, 0.29) is 91.1 Å². The van der Waals surface area contributed by atoms with E-state index in [1.165, 1.54) is 50.2 Å². The van der Waals surface area contributed by atoms with Gasteiger partial charge < -0.3 is 27.3 Å². The molecule has 0 radical (unpaired) electrons.